The molecule has 0 saturated carbocycles. The lowest BCUT2D eigenvalue weighted by Crippen LogP contribution is -2.44. The SMILES string of the molecule is O=COc1ccc(=O)n(C2CCC(=O)NC2=O)c1. The van der Waals surface area contributed by atoms with Gasteiger partial charge in [0.15, 0.2) is 0 Å². The van der Waals surface area contributed by atoms with Gasteiger partial charge in [-0.2, -0.15) is 0 Å². The van der Waals surface area contributed by atoms with Gasteiger partial charge in [0.05, 0.1) is 6.20 Å². The second-order valence-electron chi connectivity index (χ2n) is 3.79. The Morgan fingerprint density at radius 1 is 1.33 bits per heavy atom. The highest BCUT2D eigenvalue weighted by Crippen LogP contribution is 2.18. The minimum absolute atomic E-state index is 0.161. The van der Waals surface area contributed by atoms with Crippen LogP contribution in [0.15, 0.2) is 23.1 Å². The van der Waals surface area contributed by atoms with E-state index >= 15 is 0 Å². The first-order chi connectivity index (χ1) is 8.61. The van der Waals surface area contributed by atoms with Gasteiger partial charge in [0.25, 0.3) is 12.0 Å². The van der Waals surface area contributed by atoms with Crippen LogP contribution in [-0.2, 0) is 14.4 Å². The zero-order valence-corrected chi connectivity index (χ0v) is 9.29. The monoisotopic (exact) mass is 250 g/mol. The van der Waals surface area contributed by atoms with Crippen molar-refractivity contribution in [2.45, 2.75) is 18.9 Å². The third kappa shape index (κ3) is 2.29. The van der Waals surface area contributed by atoms with Gasteiger partial charge in [-0.05, 0) is 12.5 Å². The molecule has 7 nitrogen and oxygen atoms in total. The molecule has 0 aromatic carbocycles. The van der Waals surface area contributed by atoms with Crippen LogP contribution < -0.4 is 15.6 Å². The molecule has 0 radical (unpaired) electrons. The smallest absolute Gasteiger partial charge is 0.298 e. The molecule has 1 aromatic heterocycles. The van der Waals surface area contributed by atoms with Crippen LogP contribution in [0.3, 0.4) is 0 Å². The van der Waals surface area contributed by atoms with Crippen molar-refractivity contribution in [3.63, 3.8) is 0 Å². The number of carbonyl (C=O) groups is 3. The number of piperidine rings is 1. The number of ether oxygens (including phenoxy) is 1. The van der Waals surface area contributed by atoms with Crippen molar-refractivity contribution in [3.05, 3.63) is 28.7 Å². The van der Waals surface area contributed by atoms with E-state index in [1.165, 1.54) is 18.3 Å². The highest BCUT2D eigenvalue weighted by Gasteiger charge is 2.28. The second kappa shape index (κ2) is 4.82. The normalized spacial score (nSPS) is 19.2. The van der Waals surface area contributed by atoms with Crippen molar-refractivity contribution in [3.8, 4) is 5.75 Å². The maximum atomic E-state index is 11.7. The fourth-order valence-corrected chi connectivity index (χ4v) is 1.80. The van der Waals surface area contributed by atoms with Gasteiger partial charge in [0.1, 0.15) is 11.8 Å². The average molecular weight is 250 g/mol. The Hall–Kier alpha value is -2.44. The quantitative estimate of drug-likeness (QED) is 0.569. The van der Waals surface area contributed by atoms with Crippen LogP contribution in [0, 0.1) is 0 Å². The molecule has 1 aliphatic heterocycles. The van der Waals surface area contributed by atoms with E-state index in [1.54, 1.807) is 0 Å². The summed E-state index contributed by atoms with van der Waals surface area (Å²) in [5, 5.41) is 2.16. The van der Waals surface area contributed by atoms with Crippen molar-refractivity contribution < 1.29 is 19.1 Å². The molecule has 18 heavy (non-hydrogen) atoms. The van der Waals surface area contributed by atoms with Gasteiger partial charge in [-0.25, -0.2) is 0 Å². The van der Waals surface area contributed by atoms with Crippen LogP contribution in [0.25, 0.3) is 0 Å². The van der Waals surface area contributed by atoms with E-state index < -0.39 is 17.5 Å². The molecular weight excluding hydrogens is 240 g/mol. The van der Waals surface area contributed by atoms with Crippen molar-refractivity contribution in [1.29, 1.82) is 0 Å². The Labute approximate surface area is 101 Å². The fourth-order valence-electron chi connectivity index (χ4n) is 1.80. The summed E-state index contributed by atoms with van der Waals surface area (Å²) in [6, 6.07) is 1.77. The topological polar surface area (TPSA) is 94.5 Å². The molecule has 7 heteroatoms. The highest BCUT2D eigenvalue weighted by molar-refractivity contribution is 5.99. The van der Waals surface area contributed by atoms with Crippen LogP contribution in [0.1, 0.15) is 18.9 Å². The third-order valence-electron chi connectivity index (χ3n) is 2.64. The fraction of sp³-hybridized carbons (Fsp3) is 0.273. The second-order valence-corrected chi connectivity index (χ2v) is 3.79. The van der Waals surface area contributed by atoms with Gasteiger partial charge >= 0.3 is 0 Å². The van der Waals surface area contributed by atoms with Crippen LogP contribution in [0.2, 0.25) is 0 Å². The molecule has 2 amide bonds. The molecule has 1 aliphatic rings. The maximum Gasteiger partial charge on any atom is 0.298 e. The van der Waals surface area contributed by atoms with E-state index in [1.807, 2.05) is 0 Å². The summed E-state index contributed by atoms with van der Waals surface area (Å²) in [6.07, 6.45) is 1.69. The first kappa shape index (κ1) is 12.0. The lowest BCUT2D eigenvalue weighted by molar-refractivity contribution is -0.135. The number of amides is 2. The molecule has 1 saturated heterocycles. The number of hydrogen-bond donors (Lipinski definition) is 1. The van der Waals surface area contributed by atoms with Gasteiger partial charge in [0, 0.05) is 12.5 Å². The van der Waals surface area contributed by atoms with Gasteiger partial charge < -0.3 is 4.74 Å². The Bertz CT molecular complexity index is 563. The zero-order valence-electron chi connectivity index (χ0n) is 9.29. The summed E-state index contributed by atoms with van der Waals surface area (Å²) in [6.45, 7) is 0.231. The summed E-state index contributed by atoms with van der Waals surface area (Å²) >= 11 is 0. The molecule has 2 rings (SSSR count). The van der Waals surface area contributed by atoms with E-state index in [-0.39, 0.29) is 31.0 Å². The number of nitrogens with one attached hydrogen (secondary N) is 1. The molecule has 0 aliphatic carbocycles. The maximum absolute atomic E-state index is 11.7. The molecular formula is C11H10N2O5. The van der Waals surface area contributed by atoms with Crippen molar-refractivity contribution in [1.82, 2.24) is 9.88 Å². The largest absolute Gasteiger partial charge is 0.427 e. The molecule has 2 heterocycles. The van der Waals surface area contributed by atoms with Gasteiger partial charge in [-0.15, -0.1) is 0 Å². The number of pyridine rings is 1. The van der Waals surface area contributed by atoms with Crippen molar-refractivity contribution in [2.24, 2.45) is 0 Å². The van der Waals surface area contributed by atoms with Crippen LogP contribution >= 0.6 is 0 Å². The lowest BCUT2D eigenvalue weighted by Gasteiger charge is -2.22. The van der Waals surface area contributed by atoms with Gasteiger partial charge in [-0.3, -0.25) is 29.1 Å². The van der Waals surface area contributed by atoms with Crippen LogP contribution in [0.4, 0.5) is 0 Å². The molecule has 0 spiro atoms. The van der Waals surface area contributed by atoms with E-state index in [0.29, 0.717) is 0 Å². The van der Waals surface area contributed by atoms with Gasteiger partial charge in [0.2, 0.25) is 11.8 Å². The van der Waals surface area contributed by atoms with Crippen molar-refractivity contribution >= 4 is 18.3 Å². The summed E-state index contributed by atoms with van der Waals surface area (Å²) in [7, 11) is 0. The highest BCUT2D eigenvalue weighted by atomic mass is 16.5. The molecule has 0 bridgehead atoms. The Balaban J connectivity index is 2.34. The molecule has 1 fully saturated rings. The molecule has 1 N–H and O–H groups in total. The summed E-state index contributed by atoms with van der Waals surface area (Å²) in [4.78, 5) is 44.5. The van der Waals surface area contributed by atoms with Crippen molar-refractivity contribution in [2.75, 3.05) is 0 Å². The molecule has 94 valence electrons. The first-order valence-corrected chi connectivity index (χ1v) is 5.28. The summed E-state index contributed by atoms with van der Waals surface area (Å²) < 4.78 is 5.76. The van der Waals surface area contributed by atoms with E-state index in [9.17, 15) is 19.2 Å². The van der Waals surface area contributed by atoms with Gasteiger partial charge in [-0.1, -0.05) is 0 Å². The number of rotatable bonds is 3. The molecule has 1 unspecified atom stereocenters. The minimum atomic E-state index is -0.759. The van der Waals surface area contributed by atoms with Crippen LogP contribution in [-0.4, -0.2) is 22.9 Å². The number of nitrogens with zero attached hydrogens (tertiary/aromatic N) is 1. The van der Waals surface area contributed by atoms with E-state index in [4.69, 9.17) is 0 Å². The Morgan fingerprint density at radius 3 is 2.78 bits per heavy atom. The number of imide groups is 1. The predicted octanol–water partition coefficient (Wildman–Crippen LogP) is -0.639. The summed E-state index contributed by atoms with van der Waals surface area (Å²) in [5.74, 6) is -0.726. The molecule has 1 aromatic rings. The van der Waals surface area contributed by atoms with E-state index in [0.717, 1.165) is 4.57 Å². The standard InChI is InChI=1S/C11H10N2O5/c14-6-18-7-1-4-10(16)13(5-7)8-2-3-9(15)12-11(8)17/h1,4-6,8H,2-3H2,(H,12,15,17). The number of hydrogen-bond acceptors (Lipinski definition) is 5. The molecule has 1 atom stereocenters. The number of carbonyl (C=O) groups excluding carboxylic acids is 3. The predicted molar refractivity (Wildman–Crippen MR) is 58.8 cm³/mol. The average Bonchev–Trinajstić information content (AvgIpc) is 2.33. The third-order valence-corrected chi connectivity index (χ3v) is 2.64. The summed E-state index contributed by atoms with van der Waals surface area (Å²) in [5.41, 5.74) is -0.400. The van der Waals surface area contributed by atoms with E-state index in [2.05, 4.69) is 10.1 Å². The zero-order chi connectivity index (χ0) is 13.1. The first-order valence-electron chi connectivity index (χ1n) is 5.28. The Kier molecular flexibility index (Phi) is 3.22. The Morgan fingerprint density at radius 2 is 2.11 bits per heavy atom. The lowest BCUT2D eigenvalue weighted by atomic mass is 10.1. The number of aromatic nitrogens is 1. The van der Waals surface area contributed by atoms with Crippen LogP contribution in [0.5, 0.6) is 5.75 Å². The minimum Gasteiger partial charge on any atom is -0.427 e.